The summed E-state index contributed by atoms with van der Waals surface area (Å²) >= 11 is 3.31. The first-order valence-electron chi connectivity index (χ1n) is 5.17. The fraction of sp³-hybridized carbons (Fsp3) is 0.500. The largest absolute Gasteiger partial charge is 0.390 e. The minimum atomic E-state index is -0.680. The summed E-state index contributed by atoms with van der Waals surface area (Å²) in [4.78, 5) is 0. The van der Waals surface area contributed by atoms with E-state index in [1.54, 1.807) is 6.07 Å². The minimum Gasteiger partial charge on any atom is -0.390 e. The molecule has 84 valence electrons. The number of halogens is 2. The SMILES string of the molecule is CCC(O)(CC)Cc1ccc(F)cc1Br. The van der Waals surface area contributed by atoms with Gasteiger partial charge < -0.3 is 5.11 Å². The highest BCUT2D eigenvalue weighted by atomic mass is 79.9. The van der Waals surface area contributed by atoms with Crippen LogP contribution in [0.1, 0.15) is 32.3 Å². The predicted molar refractivity (Wildman–Crippen MR) is 63.3 cm³/mol. The maximum Gasteiger partial charge on any atom is 0.124 e. The van der Waals surface area contributed by atoms with Crippen molar-refractivity contribution < 1.29 is 9.50 Å². The van der Waals surface area contributed by atoms with Crippen LogP contribution in [0.4, 0.5) is 4.39 Å². The number of benzene rings is 1. The van der Waals surface area contributed by atoms with Gasteiger partial charge in [-0.3, -0.25) is 0 Å². The van der Waals surface area contributed by atoms with E-state index in [1.807, 2.05) is 13.8 Å². The van der Waals surface area contributed by atoms with Crippen LogP contribution in [0.3, 0.4) is 0 Å². The molecule has 0 saturated heterocycles. The molecule has 3 heteroatoms. The average Bonchev–Trinajstić information content (AvgIpc) is 2.22. The Morgan fingerprint density at radius 2 is 1.93 bits per heavy atom. The van der Waals surface area contributed by atoms with Crippen LogP contribution >= 0.6 is 15.9 Å². The van der Waals surface area contributed by atoms with E-state index >= 15 is 0 Å². The van der Waals surface area contributed by atoms with Crippen molar-refractivity contribution in [3.63, 3.8) is 0 Å². The van der Waals surface area contributed by atoms with Crippen LogP contribution in [0.15, 0.2) is 22.7 Å². The van der Waals surface area contributed by atoms with E-state index in [1.165, 1.54) is 12.1 Å². The minimum absolute atomic E-state index is 0.262. The number of aliphatic hydroxyl groups is 1. The Hall–Kier alpha value is -0.410. The third kappa shape index (κ3) is 3.28. The number of rotatable bonds is 4. The lowest BCUT2D eigenvalue weighted by molar-refractivity contribution is 0.0325. The molecule has 15 heavy (non-hydrogen) atoms. The highest BCUT2D eigenvalue weighted by Gasteiger charge is 2.23. The number of hydrogen-bond acceptors (Lipinski definition) is 1. The van der Waals surface area contributed by atoms with Crippen molar-refractivity contribution in [3.05, 3.63) is 34.1 Å². The zero-order chi connectivity index (χ0) is 11.5. The van der Waals surface area contributed by atoms with Crippen LogP contribution in [-0.4, -0.2) is 10.7 Å². The van der Waals surface area contributed by atoms with Crippen molar-refractivity contribution in [2.75, 3.05) is 0 Å². The van der Waals surface area contributed by atoms with Gasteiger partial charge in [0.25, 0.3) is 0 Å². The van der Waals surface area contributed by atoms with Crippen molar-refractivity contribution in [1.29, 1.82) is 0 Å². The molecule has 1 rings (SSSR count). The fourth-order valence-corrected chi connectivity index (χ4v) is 2.01. The third-order valence-corrected chi connectivity index (χ3v) is 3.59. The van der Waals surface area contributed by atoms with Gasteiger partial charge in [-0.25, -0.2) is 4.39 Å². The van der Waals surface area contributed by atoms with Crippen LogP contribution in [0.25, 0.3) is 0 Å². The molecular formula is C12H16BrFO. The van der Waals surface area contributed by atoms with Gasteiger partial charge >= 0.3 is 0 Å². The first-order valence-corrected chi connectivity index (χ1v) is 5.96. The van der Waals surface area contributed by atoms with Gasteiger partial charge in [0.2, 0.25) is 0 Å². The Morgan fingerprint density at radius 3 is 2.40 bits per heavy atom. The van der Waals surface area contributed by atoms with E-state index in [-0.39, 0.29) is 5.82 Å². The van der Waals surface area contributed by atoms with Crippen LogP contribution in [0.2, 0.25) is 0 Å². The molecule has 1 N–H and O–H groups in total. The van der Waals surface area contributed by atoms with Crippen molar-refractivity contribution >= 4 is 15.9 Å². The van der Waals surface area contributed by atoms with Gasteiger partial charge in [-0.15, -0.1) is 0 Å². The molecule has 0 radical (unpaired) electrons. The second-order valence-corrected chi connectivity index (χ2v) is 4.70. The van der Waals surface area contributed by atoms with Gasteiger partial charge in [0.15, 0.2) is 0 Å². The maximum absolute atomic E-state index is 12.9. The maximum atomic E-state index is 12.9. The summed E-state index contributed by atoms with van der Waals surface area (Å²) in [5.41, 5.74) is 0.267. The molecule has 0 heterocycles. The fourth-order valence-electron chi connectivity index (χ4n) is 1.52. The molecule has 0 atom stereocenters. The summed E-state index contributed by atoms with van der Waals surface area (Å²) in [6, 6.07) is 4.57. The molecule has 0 aromatic heterocycles. The van der Waals surface area contributed by atoms with E-state index in [0.29, 0.717) is 19.3 Å². The van der Waals surface area contributed by atoms with E-state index in [4.69, 9.17) is 0 Å². The van der Waals surface area contributed by atoms with Gasteiger partial charge in [0.05, 0.1) is 5.60 Å². The molecule has 0 aliphatic carbocycles. The zero-order valence-electron chi connectivity index (χ0n) is 9.06. The van der Waals surface area contributed by atoms with Crippen LogP contribution in [0.5, 0.6) is 0 Å². The van der Waals surface area contributed by atoms with Crippen molar-refractivity contribution in [1.82, 2.24) is 0 Å². The molecule has 0 amide bonds. The molecule has 0 aliphatic heterocycles. The lowest BCUT2D eigenvalue weighted by atomic mass is 9.89. The lowest BCUT2D eigenvalue weighted by Gasteiger charge is -2.25. The third-order valence-electron chi connectivity index (χ3n) is 2.85. The monoisotopic (exact) mass is 274 g/mol. The van der Waals surface area contributed by atoms with Crippen LogP contribution in [0, 0.1) is 5.82 Å². The van der Waals surface area contributed by atoms with Gasteiger partial charge in [0, 0.05) is 10.9 Å². The summed E-state index contributed by atoms with van der Waals surface area (Å²) in [6.45, 7) is 3.92. The molecular weight excluding hydrogens is 259 g/mol. The molecule has 0 spiro atoms. The summed E-state index contributed by atoms with van der Waals surface area (Å²) in [6.07, 6.45) is 1.96. The molecule has 0 unspecified atom stereocenters. The van der Waals surface area contributed by atoms with Crippen molar-refractivity contribution in [3.8, 4) is 0 Å². The predicted octanol–water partition coefficient (Wildman–Crippen LogP) is 3.68. The second kappa shape index (κ2) is 5.08. The first kappa shape index (κ1) is 12.7. The van der Waals surface area contributed by atoms with E-state index in [2.05, 4.69) is 15.9 Å². The summed E-state index contributed by atoms with van der Waals surface area (Å²) in [5.74, 6) is -0.262. The summed E-state index contributed by atoms with van der Waals surface area (Å²) in [5, 5.41) is 10.2. The van der Waals surface area contributed by atoms with Crippen LogP contribution < -0.4 is 0 Å². The molecule has 0 saturated carbocycles. The normalized spacial score (nSPS) is 11.8. The molecule has 0 bridgehead atoms. The zero-order valence-corrected chi connectivity index (χ0v) is 10.6. The molecule has 1 nitrogen and oxygen atoms in total. The lowest BCUT2D eigenvalue weighted by Crippen LogP contribution is -2.29. The second-order valence-electron chi connectivity index (χ2n) is 3.84. The highest BCUT2D eigenvalue weighted by Crippen LogP contribution is 2.26. The Kier molecular flexibility index (Phi) is 4.29. The summed E-state index contributed by atoms with van der Waals surface area (Å²) in [7, 11) is 0. The van der Waals surface area contributed by atoms with Gasteiger partial charge in [-0.2, -0.15) is 0 Å². The molecule has 1 aromatic carbocycles. The van der Waals surface area contributed by atoms with E-state index < -0.39 is 5.60 Å². The number of hydrogen-bond donors (Lipinski definition) is 1. The molecule has 0 fully saturated rings. The Bertz CT molecular complexity index is 334. The van der Waals surface area contributed by atoms with Crippen LogP contribution in [-0.2, 0) is 6.42 Å². The van der Waals surface area contributed by atoms with E-state index in [0.717, 1.165) is 10.0 Å². The smallest absolute Gasteiger partial charge is 0.124 e. The summed E-state index contributed by atoms with van der Waals surface area (Å²) < 4.78 is 13.6. The Labute approximate surface area is 98.4 Å². The van der Waals surface area contributed by atoms with Gasteiger partial charge in [0.1, 0.15) is 5.82 Å². The quantitative estimate of drug-likeness (QED) is 0.888. The average molecular weight is 275 g/mol. The standard InChI is InChI=1S/C12H16BrFO/c1-3-12(15,4-2)8-9-5-6-10(14)7-11(9)13/h5-7,15H,3-4,8H2,1-2H3. The van der Waals surface area contributed by atoms with Gasteiger partial charge in [-0.1, -0.05) is 35.8 Å². The first-order chi connectivity index (χ1) is 7.00. The van der Waals surface area contributed by atoms with Crippen molar-refractivity contribution in [2.45, 2.75) is 38.7 Å². The van der Waals surface area contributed by atoms with E-state index in [9.17, 15) is 9.50 Å². The Balaban J connectivity index is 2.89. The van der Waals surface area contributed by atoms with Crippen molar-refractivity contribution in [2.24, 2.45) is 0 Å². The topological polar surface area (TPSA) is 20.2 Å². The molecule has 1 aromatic rings. The Morgan fingerprint density at radius 1 is 1.33 bits per heavy atom. The molecule has 0 aliphatic rings. The highest BCUT2D eigenvalue weighted by molar-refractivity contribution is 9.10. The van der Waals surface area contributed by atoms with Gasteiger partial charge in [-0.05, 0) is 30.5 Å².